The fourth-order valence-corrected chi connectivity index (χ4v) is 4.67. The van der Waals surface area contributed by atoms with E-state index in [2.05, 4.69) is 20.9 Å². The molecule has 8 nitrogen and oxygen atoms in total. The average molecular weight is 439 g/mol. The van der Waals surface area contributed by atoms with E-state index in [0.717, 1.165) is 40.5 Å². The number of carbonyl (C=O) groups excluding carboxylic acids is 1. The molecular weight excluding hydrogens is 412 g/mol. The van der Waals surface area contributed by atoms with Crippen molar-refractivity contribution in [2.45, 2.75) is 19.8 Å². The summed E-state index contributed by atoms with van der Waals surface area (Å²) in [6, 6.07) is 7.78. The number of nitrogens with one attached hydrogen (secondary N) is 1. The van der Waals surface area contributed by atoms with Gasteiger partial charge >= 0.3 is 0 Å². The minimum atomic E-state index is -0.158. The van der Waals surface area contributed by atoms with Gasteiger partial charge in [0.15, 0.2) is 11.4 Å². The standard InChI is InChI=1S/C21H21N5O2S.CH5N/c1-13-11-26-12-15(10-16(28-2)19(26)22-13)23-20(27)17-9-14-5-6-18(24-21(14)29-17)25-7-3-4-8-25;1-2/h5-6,9-12H,3-4,7-8H2,1-2H3,(H,23,27);2H2,1H3. The Morgan fingerprint density at radius 3 is 2.68 bits per heavy atom. The summed E-state index contributed by atoms with van der Waals surface area (Å²) in [5.41, 5.74) is 6.76. The van der Waals surface area contributed by atoms with Gasteiger partial charge in [0, 0.05) is 36.9 Å². The van der Waals surface area contributed by atoms with Crippen molar-refractivity contribution in [3.63, 3.8) is 0 Å². The Morgan fingerprint density at radius 2 is 1.94 bits per heavy atom. The first-order chi connectivity index (χ1) is 15.1. The molecule has 0 bridgehead atoms. The lowest BCUT2D eigenvalue weighted by molar-refractivity contribution is 0.103. The number of fused-ring (bicyclic) bond motifs is 2. The van der Waals surface area contributed by atoms with Crippen LogP contribution in [-0.4, -0.2) is 47.5 Å². The van der Waals surface area contributed by atoms with Gasteiger partial charge in [-0.3, -0.25) is 4.79 Å². The molecule has 5 heterocycles. The molecule has 4 aromatic rings. The second kappa shape index (κ2) is 8.91. The van der Waals surface area contributed by atoms with E-state index < -0.39 is 0 Å². The molecule has 1 aliphatic heterocycles. The Kier molecular flexibility index (Phi) is 6.06. The van der Waals surface area contributed by atoms with Gasteiger partial charge in [-0.05, 0) is 45.0 Å². The van der Waals surface area contributed by atoms with Crippen molar-refractivity contribution in [2.24, 2.45) is 5.73 Å². The lowest BCUT2D eigenvalue weighted by Crippen LogP contribution is -2.18. The molecule has 4 aromatic heterocycles. The van der Waals surface area contributed by atoms with Crippen LogP contribution in [0, 0.1) is 6.92 Å². The third-order valence-corrected chi connectivity index (χ3v) is 6.18. The van der Waals surface area contributed by atoms with Gasteiger partial charge in [-0.15, -0.1) is 11.3 Å². The molecule has 1 fully saturated rings. The Morgan fingerprint density at radius 1 is 1.16 bits per heavy atom. The summed E-state index contributed by atoms with van der Waals surface area (Å²) in [7, 11) is 3.10. The van der Waals surface area contributed by atoms with Gasteiger partial charge in [-0.1, -0.05) is 0 Å². The van der Waals surface area contributed by atoms with Crippen LogP contribution in [0.5, 0.6) is 5.75 Å². The van der Waals surface area contributed by atoms with Crippen LogP contribution in [0.15, 0.2) is 36.7 Å². The van der Waals surface area contributed by atoms with E-state index in [1.165, 1.54) is 31.2 Å². The number of carbonyl (C=O) groups is 1. The second-order valence-electron chi connectivity index (χ2n) is 7.23. The summed E-state index contributed by atoms with van der Waals surface area (Å²) in [4.78, 5) is 25.9. The fourth-order valence-electron chi connectivity index (χ4n) is 3.74. The van der Waals surface area contributed by atoms with E-state index in [-0.39, 0.29) is 5.91 Å². The average Bonchev–Trinajstić information content (AvgIpc) is 3.52. The summed E-state index contributed by atoms with van der Waals surface area (Å²) < 4.78 is 7.29. The summed E-state index contributed by atoms with van der Waals surface area (Å²) >= 11 is 1.42. The highest BCUT2D eigenvalue weighted by Gasteiger charge is 2.17. The number of pyridine rings is 2. The molecule has 1 amide bonds. The molecule has 0 spiro atoms. The molecule has 1 saturated heterocycles. The number of imidazole rings is 1. The number of hydrogen-bond acceptors (Lipinski definition) is 7. The van der Waals surface area contributed by atoms with Crippen LogP contribution in [0.25, 0.3) is 15.9 Å². The number of aromatic nitrogens is 3. The minimum Gasteiger partial charge on any atom is -0.493 e. The predicted molar refractivity (Wildman–Crippen MR) is 126 cm³/mol. The van der Waals surface area contributed by atoms with E-state index in [0.29, 0.717) is 16.3 Å². The zero-order valence-electron chi connectivity index (χ0n) is 17.9. The highest BCUT2D eigenvalue weighted by Crippen LogP contribution is 2.29. The van der Waals surface area contributed by atoms with Crippen LogP contribution in [0.3, 0.4) is 0 Å². The van der Waals surface area contributed by atoms with Crippen LogP contribution < -0.4 is 20.7 Å². The van der Waals surface area contributed by atoms with Crippen LogP contribution in [0.2, 0.25) is 0 Å². The number of nitrogens with zero attached hydrogens (tertiary/aromatic N) is 4. The van der Waals surface area contributed by atoms with Gasteiger partial charge in [0.25, 0.3) is 5.91 Å². The van der Waals surface area contributed by atoms with Crippen molar-refractivity contribution in [3.05, 3.63) is 47.2 Å². The normalized spacial score (nSPS) is 13.4. The third kappa shape index (κ3) is 4.19. The number of methoxy groups -OCH3 is 1. The predicted octanol–water partition coefficient (Wildman–Crippen LogP) is 3.69. The molecule has 0 saturated carbocycles. The van der Waals surface area contributed by atoms with Crippen molar-refractivity contribution in [2.75, 3.05) is 37.5 Å². The van der Waals surface area contributed by atoms with Gasteiger partial charge in [0.05, 0.1) is 23.4 Å². The number of aryl methyl sites for hydroxylation is 1. The zero-order valence-corrected chi connectivity index (χ0v) is 18.7. The van der Waals surface area contributed by atoms with Crippen LogP contribution >= 0.6 is 11.3 Å². The van der Waals surface area contributed by atoms with E-state index >= 15 is 0 Å². The maximum Gasteiger partial charge on any atom is 0.265 e. The van der Waals surface area contributed by atoms with Gasteiger partial charge in [-0.2, -0.15) is 0 Å². The lowest BCUT2D eigenvalue weighted by atomic mass is 10.3. The van der Waals surface area contributed by atoms with Crippen LogP contribution in [0.4, 0.5) is 11.5 Å². The Balaban J connectivity index is 0.00000112. The van der Waals surface area contributed by atoms with Crippen molar-refractivity contribution >= 4 is 44.6 Å². The molecule has 3 N–H and O–H groups in total. The molecule has 0 aromatic carbocycles. The largest absolute Gasteiger partial charge is 0.493 e. The topological polar surface area (TPSA) is 97.8 Å². The van der Waals surface area contributed by atoms with Gasteiger partial charge < -0.3 is 25.1 Å². The van der Waals surface area contributed by atoms with Gasteiger partial charge in [-0.25, -0.2) is 9.97 Å². The van der Waals surface area contributed by atoms with E-state index in [4.69, 9.17) is 9.72 Å². The molecule has 162 valence electrons. The molecule has 0 unspecified atom stereocenters. The first kappa shape index (κ1) is 21.1. The van der Waals surface area contributed by atoms with Crippen LogP contribution in [0.1, 0.15) is 28.2 Å². The second-order valence-corrected chi connectivity index (χ2v) is 8.26. The fraction of sp³-hybridized carbons (Fsp3) is 0.318. The van der Waals surface area contributed by atoms with Crippen molar-refractivity contribution in [1.29, 1.82) is 0 Å². The monoisotopic (exact) mass is 438 g/mol. The number of amides is 1. The third-order valence-electron chi connectivity index (χ3n) is 5.14. The van der Waals surface area contributed by atoms with Crippen LogP contribution in [-0.2, 0) is 0 Å². The SMILES string of the molecule is CN.COc1cc(NC(=O)c2cc3ccc(N4CCCC4)nc3s2)cn2cc(C)nc12. The molecule has 9 heteroatoms. The highest BCUT2D eigenvalue weighted by molar-refractivity contribution is 7.20. The van der Waals surface area contributed by atoms with E-state index in [1.807, 2.05) is 41.9 Å². The summed E-state index contributed by atoms with van der Waals surface area (Å²) in [5, 5.41) is 3.96. The van der Waals surface area contributed by atoms with Crippen molar-refractivity contribution in [3.8, 4) is 5.75 Å². The Labute approximate surface area is 184 Å². The molecule has 1 aliphatic rings. The lowest BCUT2D eigenvalue weighted by Gasteiger charge is -2.15. The molecular formula is C22H26N6O2S. The number of ether oxygens (including phenoxy) is 1. The molecule has 5 rings (SSSR count). The highest BCUT2D eigenvalue weighted by atomic mass is 32.1. The summed E-state index contributed by atoms with van der Waals surface area (Å²) in [6.07, 6.45) is 6.16. The number of nitrogens with two attached hydrogens (primary N) is 1. The zero-order chi connectivity index (χ0) is 22.0. The number of thiophene rings is 1. The van der Waals surface area contributed by atoms with E-state index in [1.54, 1.807) is 13.2 Å². The van der Waals surface area contributed by atoms with Gasteiger partial charge in [0.1, 0.15) is 10.6 Å². The van der Waals surface area contributed by atoms with Crippen molar-refractivity contribution in [1.82, 2.24) is 14.4 Å². The first-order valence-electron chi connectivity index (χ1n) is 10.2. The minimum absolute atomic E-state index is 0.158. The summed E-state index contributed by atoms with van der Waals surface area (Å²) in [5.74, 6) is 1.45. The Hall–Kier alpha value is -3.17. The molecule has 0 atom stereocenters. The quantitative estimate of drug-likeness (QED) is 0.504. The molecule has 31 heavy (non-hydrogen) atoms. The molecule has 0 radical (unpaired) electrons. The number of rotatable bonds is 4. The number of anilines is 2. The summed E-state index contributed by atoms with van der Waals surface area (Å²) in [6.45, 7) is 4.02. The van der Waals surface area contributed by atoms with Crippen molar-refractivity contribution < 1.29 is 9.53 Å². The first-order valence-corrected chi connectivity index (χ1v) is 11.0. The Bertz CT molecular complexity index is 1230. The van der Waals surface area contributed by atoms with Gasteiger partial charge in [0.2, 0.25) is 0 Å². The smallest absolute Gasteiger partial charge is 0.265 e. The number of hydrogen-bond donors (Lipinski definition) is 2. The van der Waals surface area contributed by atoms with E-state index in [9.17, 15) is 4.79 Å². The maximum absolute atomic E-state index is 12.9. The maximum atomic E-state index is 12.9. The molecule has 0 aliphatic carbocycles.